The fourth-order valence-electron chi connectivity index (χ4n) is 14.5. The first-order valence-electron chi connectivity index (χ1n) is 24.3. The summed E-state index contributed by atoms with van der Waals surface area (Å²) in [6.45, 7) is 12.3. The SMILES string of the molecule is C[C@H]1O[C@@H](O[C@H]2CC[C@]3(C)C4=CC=C5[C@@H]6CC(C)(C)[C@@H](O)C[C@]6(CO)[C@@H](O)C[C@@]5(C)[C@]4(C)CC[C@H]3[C@]2(C)CO)[C@H](O[C@@H]2O[C@H](CO)[C@@H](O)[C@H](O)[C@H]2O)[C@@H](O[C@@H]2O[C@H](CO)[C@@H](O)[C@H](O)[C@H]2O)[C@H]1O. The monoisotopic (exact) mass is 959 g/mol. The molecular formula is C48H78O19. The fourth-order valence-corrected chi connectivity index (χ4v) is 14.5. The van der Waals surface area contributed by atoms with Crippen molar-refractivity contribution in [3.63, 3.8) is 0 Å². The van der Waals surface area contributed by atoms with Crippen LogP contribution < -0.4 is 0 Å². The topological polar surface area (TPSA) is 318 Å². The molecule has 8 rings (SSSR count). The van der Waals surface area contributed by atoms with Crippen LogP contribution >= 0.6 is 0 Å². The van der Waals surface area contributed by atoms with E-state index in [1.165, 1.54) is 18.1 Å². The van der Waals surface area contributed by atoms with Crippen LogP contribution in [-0.2, 0) is 28.4 Å². The van der Waals surface area contributed by atoms with Gasteiger partial charge < -0.3 is 94.8 Å². The summed E-state index contributed by atoms with van der Waals surface area (Å²) in [6, 6.07) is 0. The van der Waals surface area contributed by atoms with E-state index in [1.54, 1.807) is 0 Å². The number of fused-ring (bicyclic) bond motifs is 7. The van der Waals surface area contributed by atoms with Crippen LogP contribution in [0.4, 0.5) is 0 Å². The van der Waals surface area contributed by atoms with Crippen LogP contribution in [0.1, 0.15) is 93.4 Å². The second-order valence-corrected chi connectivity index (χ2v) is 23.1. The minimum absolute atomic E-state index is 0.153. The lowest BCUT2D eigenvalue weighted by molar-refractivity contribution is -0.397. The molecule has 19 nitrogen and oxygen atoms in total. The van der Waals surface area contributed by atoms with E-state index >= 15 is 0 Å². The van der Waals surface area contributed by atoms with Gasteiger partial charge in [-0.25, -0.2) is 0 Å². The summed E-state index contributed by atoms with van der Waals surface area (Å²) in [6.07, 6.45) is -18.7. The molecule has 67 heavy (non-hydrogen) atoms. The van der Waals surface area contributed by atoms with E-state index < -0.39 is 156 Å². The van der Waals surface area contributed by atoms with Gasteiger partial charge in [-0.15, -0.1) is 0 Å². The third-order valence-corrected chi connectivity index (χ3v) is 19.2. The van der Waals surface area contributed by atoms with E-state index in [4.69, 9.17) is 28.4 Å². The number of rotatable bonds is 10. The zero-order valence-electron chi connectivity index (χ0n) is 39.7. The van der Waals surface area contributed by atoms with Gasteiger partial charge >= 0.3 is 0 Å². The molecular weight excluding hydrogens is 881 g/mol. The molecule has 0 amide bonds. The fraction of sp³-hybridized carbons (Fsp3) is 0.917. The lowest BCUT2D eigenvalue weighted by atomic mass is 9.35. The van der Waals surface area contributed by atoms with E-state index in [2.05, 4.69) is 32.9 Å². The van der Waals surface area contributed by atoms with Crippen LogP contribution in [0.2, 0.25) is 0 Å². The van der Waals surface area contributed by atoms with Crippen LogP contribution in [0.3, 0.4) is 0 Å². The van der Waals surface area contributed by atoms with E-state index in [-0.39, 0.29) is 25.0 Å². The summed E-state index contributed by atoms with van der Waals surface area (Å²) in [4.78, 5) is 0. The van der Waals surface area contributed by atoms with Crippen molar-refractivity contribution in [2.45, 2.75) is 204 Å². The second-order valence-electron chi connectivity index (χ2n) is 23.1. The Balaban J connectivity index is 1.12. The van der Waals surface area contributed by atoms with Crippen LogP contribution in [-0.4, -0.2) is 203 Å². The molecule has 3 heterocycles. The number of ether oxygens (including phenoxy) is 6. The molecule has 0 aromatic heterocycles. The zero-order chi connectivity index (χ0) is 49.1. The zero-order valence-corrected chi connectivity index (χ0v) is 39.7. The lowest BCUT2D eigenvalue weighted by Gasteiger charge is -2.70. The maximum absolute atomic E-state index is 12.1. The molecule has 13 N–H and O–H groups in total. The third-order valence-electron chi connectivity index (χ3n) is 19.2. The van der Waals surface area contributed by atoms with Gasteiger partial charge in [0.25, 0.3) is 0 Å². The quantitative estimate of drug-likeness (QED) is 0.111. The molecule has 3 aliphatic heterocycles. The third kappa shape index (κ3) is 7.88. The highest BCUT2D eigenvalue weighted by Crippen LogP contribution is 2.74. The summed E-state index contributed by atoms with van der Waals surface area (Å²) in [5.74, 6) is -0.326. The molecule has 19 heteroatoms. The number of hydrogen-bond donors (Lipinski definition) is 13. The molecule has 0 aromatic carbocycles. The first-order valence-corrected chi connectivity index (χ1v) is 24.3. The average molecular weight is 959 g/mol. The molecule has 0 aromatic rings. The second kappa shape index (κ2) is 18.3. The van der Waals surface area contributed by atoms with Crippen LogP contribution in [0.15, 0.2) is 23.3 Å². The maximum atomic E-state index is 12.1. The Bertz CT molecular complexity index is 1850. The number of aliphatic hydroxyl groups excluding tert-OH is 13. The van der Waals surface area contributed by atoms with Gasteiger partial charge in [-0.05, 0) is 80.0 Å². The minimum atomic E-state index is -1.90. The molecule has 3 saturated heterocycles. The molecule has 0 radical (unpaired) electrons. The van der Waals surface area contributed by atoms with Crippen molar-refractivity contribution in [2.24, 2.45) is 44.3 Å². The lowest BCUT2D eigenvalue weighted by Crippen LogP contribution is -2.68. The Hall–Kier alpha value is -1.28. The molecule has 25 atom stereocenters. The van der Waals surface area contributed by atoms with Crippen molar-refractivity contribution >= 4 is 0 Å². The Morgan fingerprint density at radius 3 is 1.70 bits per heavy atom. The Morgan fingerprint density at radius 1 is 0.567 bits per heavy atom. The van der Waals surface area contributed by atoms with Crippen LogP contribution in [0, 0.1) is 44.3 Å². The highest BCUT2D eigenvalue weighted by Gasteiger charge is 2.70. The van der Waals surface area contributed by atoms with E-state index in [0.29, 0.717) is 44.9 Å². The van der Waals surface area contributed by atoms with Gasteiger partial charge in [0.15, 0.2) is 18.9 Å². The van der Waals surface area contributed by atoms with Crippen molar-refractivity contribution < 1.29 is 94.8 Å². The highest BCUT2D eigenvalue weighted by molar-refractivity contribution is 5.46. The summed E-state index contributed by atoms with van der Waals surface area (Å²) >= 11 is 0. The van der Waals surface area contributed by atoms with Gasteiger partial charge in [-0.1, -0.05) is 64.8 Å². The molecule has 384 valence electrons. The minimum Gasteiger partial charge on any atom is -0.396 e. The molecule has 0 bridgehead atoms. The van der Waals surface area contributed by atoms with Gasteiger partial charge in [0.05, 0.1) is 50.8 Å². The molecule has 0 spiro atoms. The summed E-state index contributed by atoms with van der Waals surface area (Å²) in [5.41, 5.74) is -1.25. The van der Waals surface area contributed by atoms with Crippen LogP contribution in [0.5, 0.6) is 0 Å². The number of hydrogen-bond acceptors (Lipinski definition) is 19. The normalized spacial score (nSPS) is 55.3. The van der Waals surface area contributed by atoms with Crippen molar-refractivity contribution in [3.05, 3.63) is 23.3 Å². The predicted molar refractivity (Wildman–Crippen MR) is 233 cm³/mol. The first-order chi connectivity index (χ1) is 31.3. The molecule has 7 fully saturated rings. The Kier molecular flexibility index (Phi) is 14.2. The standard InChI is InChI=1S/C48H78O19/c1-21-31(55)38(66-40-36(60)34(58)32(56)24(17-49)63-40)39(67-41-37(61)35(59)33(57)25(18-50)64-41)42(62-21)65-30-11-12-44(4)26(45(30,5)19-51)10-13-46(6)27(44)9-8-22-23-14-43(2,3)28(53)16-48(23,20-52)29(54)15-47(22,46)7/h8-9,21,23-26,28-42,49-61H,10-20H2,1-7H3/t21-,23+,24-,25-,26-,28+,29+,30+,31+,32-,33-,34+,35+,36-,37-,38+,39-,40+,41+,42+,44+,45+,46-,47-,48-/m1/s1. The number of aliphatic hydroxyl groups is 13. The van der Waals surface area contributed by atoms with E-state index in [0.717, 1.165) is 0 Å². The van der Waals surface area contributed by atoms with E-state index in [1.807, 2.05) is 20.8 Å². The van der Waals surface area contributed by atoms with Gasteiger partial charge in [0.2, 0.25) is 0 Å². The van der Waals surface area contributed by atoms with Gasteiger partial charge in [-0.3, -0.25) is 0 Å². The molecule has 5 aliphatic carbocycles. The summed E-state index contributed by atoms with van der Waals surface area (Å²) in [7, 11) is 0. The smallest absolute Gasteiger partial charge is 0.187 e. The molecule has 4 saturated carbocycles. The van der Waals surface area contributed by atoms with Crippen LogP contribution in [0.25, 0.3) is 0 Å². The maximum Gasteiger partial charge on any atom is 0.187 e. The average Bonchev–Trinajstić information content (AvgIpc) is 3.28. The number of allylic oxidation sites excluding steroid dienone is 4. The first kappa shape index (κ1) is 52.1. The summed E-state index contributed by atoms with van der Waals surface area (Å²) in [5, 5.41) is 142. The van der Waals surface area contributed by atoms with Gasteiger partial charge in [-0.2, -0.15) is 0 Å². The van der Waals surface area contributed by atoms with Crippen molar-refractivity contribution in [2.75, 3.05) is 26.4 Å². The van der Waals surface area contributed by atoms with Gasteiger partial charge in [0.1, 0.15) is 67.1 Å². The summed E-state index contributed by atoms with van der Waals surface area (Å²) < 4.78 is 37.1. The largest absolute Gasteiger partial charge is 0.396 e. The van der Waals surface area contributed by atoms with Crippen molar-refractivity contribution in [3.8, 4) is 0 Å². The van der Waals surface area contributed by atoms with Crippen molar-refractivity contribution in [1.82, 2.24) is 0 Å². The van der Waals surface area contributed by atoms with E-state index in [9.17, 15) is 66.4 Å². The van der Waals surface area contributed by atoms with Gasteiger partial charge in [0, 0.05) is 16.2 Å². The highest BCUT2D eigenvalue weighted by atomic mass is 16.8. The van der Waals surface area contributed by atoms with Crippen molar-refractivity contribution in [1.29, 1.82) is 0 Å². The Morgan fingerprint density at radius 2 is 1.15 bits per heavy atom. The predicted octanol–water partition coefficient (Wildman–Crippen LogP) is -1.52. The molecule has 0 unspecified atom stereocenters. The molecule has 8 aliphatic rings. The Labute approximate surface area is 391 Å².